The summed E-state index contributed by atoms with van der Waals surface area (Å²) in [4.78, 5) is 27.5. The fourth-order valence-corrected chi connectivity index (χ4v) is 3.61. The molecule has 8 heteroatoms. The standard InChI is InChI=1S/C25H20F3N3O2/c1-29-24(33)22-13-20-19(6-3-7-21(20)31-22)16-8-10-17(11-9-16)23(32)30-14-15-4-2-5-18(12-15)25(26,27)28/h2-13,31H,14H2,1H3,(H,29,33)(H,30,32). The Morgan fingerprint density at radius 2 is 1.64 bits per heavy atom. The predicted octanol–water partition coefficient (Wildman–Crippen LogP) is 5.14. The van der Waals surface area contributed by atoms with Crippen molar-refractivity contribution in [2.24, 2.45) is 0 Å². The number of hydrogen-bond donors (Lipinski definition) is 3. The maximum Gasteiger partial charge on any atom is 0.416 e. The van der Waals surface area contributed by atoms with Crippen LogP contribution in [-0.2, 0) is 12.7 Å². The van der Waals surface area contributed by atoms with Gasteiger partial charge >= 0.3 is 6.18 Å². The van der Waals surface area contributed by atoms with Crippen LogP contribution in [0.2, 0.25) is 0 Å². The molecule has 3 aromatic carbocycles. The first-order valence-corrected chi connectivity index (χ1v) is 10.1. The highest BCUT2D eigenvalue weighted by Crippen LogP contribution is 2.30. The third-order valence-electron chi connectivity index (χ3n) is 5.30. The van der Waals surface area contributed by atoms with Gasteiger partial charge in [0.1, 0.15) is 5.69 Å². The summed E-state index contributed by atoms with van der Waals surface area (Å²) >= 11 is 0. The Kier molecular flexibility index (Phi) is 5.91. The Balaban J connectivity index is 1.50. The number of H-pyrrole nitrogens is 1. The van der Waals surface area contributed by atoms with Crippen molar-refractivity contribution in [2.75, 3.05) is 7.05 Å². The third-order valence-corrected chi connectivity index (χ3v) is 5.30. The average molecular weight is 451 g/mol. The topological polar surface area (TPSA) is 74.0 Å². The van der Waals surface area contributed by atoms with Crippen molar-refractivity contribution < 1.29 is 22.8 Å². The largest absolute Gasteiger partial charge is 0.416 e. The minimum atomic E-state index is -4.43. The van der Waals surface area contributed by atoms with Crippen LogP contribution in [0.3, 0.4) is 0 Å². The number of hydrogen-bond acceptors (Lipinski definition) is 2. The summed E-state index contributed by atoms with van der Waals surface area (Å²) in [7, 11) is 1.56. The van der Waals surface area contributed by atoms with Crippen molar-refractivity contribution in [3.8, 4) is 11.1 Å². The molecule has 0 saturated heterocycles. The van der Waals surface area contributed by atoms with E-state index in [0.29, 0.717) is 16.8 Å². The van der Waals surface area contributed by atoms with Gasteiger partial charge in [-0.1, -0.05) is 36.4 Å². The Hall–Kier alpha value is -4.07. The molecule has 0 fully saturated rings. The van der Waals surface area contributed by atoms with Gasteiger partial charge in [0.15, 0.2) is 0 Å². The predicted molar refractivity (Wildman–Crippen MR) is 120 cm³/mol. The van der Waals surface area contributed by atoms with Crippen LogP contribution in [0.1, 0.15) is 32.0 Å². The molecule has 1 aromatic heterocycles. The second-order valence-corrected chi connectivity index (χ2v) is 7.49. The zero-order chi connectivity index (χ0) is 23.6. The van der Waals surface area contributed by atoms with Crippen molar-refractivity contribution in [2.45, 2.75) is 12.7 Å². The van der Waals surface area contributed by atoms with E-state index in [1.165, 1.54) is 12.1 Å². The number of halogens is 3. The van der Waals surface area contributed by atoms with Gasteiger partial charge < -0.3 is 15.6 Å². The van der Waals surface area contributed by atoms with E-state index < -0.39 is 11.7 Å². The Bertz CT molecular complexity index is 1320. The number of nitrogens with one attached hydrogen (secondary N) is 3. The molecule has 4 aromatic rings. The monoisotopic (exact) mass is 451 g/mol. The summed E-state index contributed by atoms with van der Waals surface area (Å²) in [5.74, 6) is -0.606. The van der Waals surface area contributed by atoms with Crippen LogP contribution in [0, 0.1) is 0 Å². The van der Waals surface area contributed by atoms with Gasteiger partial charge in [-0.3, -0.25) is 9.59 Å². The smallest absolute Gasteiger partial charge is 0.354 e. The quantitative estimate of drug-likeness (QED) is 0.393. The van der Waals surface area contributed by atoms with Crippen LogP contribution < -0.4 is 10.6 Å². The maximum absolute atomic E-state index is 12.9. The van der Waals surface area contributed by atoms with Gasteiger partial charge in [-0.25, -0.2) is 0 Å². The zero-order valence-electron chi connectivity index (χ0n) is 17.6. The molecule has 0 aliphatic heterocycles. The molecule has 5 nitrogen and oxygen atoms in total. The average Bonchev–Trinajstić information content (AvgIpc) is 3.26. The summed E-state index contributed by atoms with van der Waals surface area (Å²) < 4.78 is 38.6. The lowest BCUT2D eigenvalue weighted by molar-refractivity contribution is -0.137. The molecule has 33 heavy (non-hydrogen) atoms. The van der Waals surface area contributed by atoms with Gasteiger partial charge in [-0.15, -0.1) is 0 Å². The molecule has 0 unspecified atom stereocenters. The fourth-order valence-electron chi connectivity index (χ4n) is 3.61. The molecule has 2 amide bonds. The Labute approximate surface area is 187 Å². The minimum Gasteiger partial charge on any atom is -0.354 e. The number of aromatic amines is 1. The second kappa shape index (κ2) is 8.82. The number of carbonyl (C=O) groups is 2. The molecule has 0 bridgehead atoms. The molecular formula is C25H20F3N3O2. The Morgan fingerprint density at radius 3 is 2.33 bits per heavy atom. The number of alkyl halides is 3. The van der Waals surface area contributed by atoms with Crippen molar-refractivity contribution >= 4 is 22.7 Å². The normalized spacial score (nSPS) is 11.4. The van der Waals surface area contributed by atoms with E-state index in [0.717, 1.165) is 34.2 Å². The molecule has 0 aliphatic rings. The highest BCUT2D eigenvalue weighted by molar-refractivity contribution is 6.03. The van der Waals surface area contributed by atoms with Gasteiger partial charge in [0.05, 0.1) is 5.56 Å². The molecule has 0 spiro atoms. The van der Waals surface area contributed by atoms with Crippen LogP contribution >= 0.6 is 0 Å². The summed E-state index contributed by atoms with van der Waals surface area (Å²) in [5, 5.41) is 6.11. The van der Waals surface area contributed by atoms with E-state index in [9.17, 15) is 22.8 Å². The van der Waals surface area contributed by atoms with Crippen molar-refractivity contribution in [1.82, 2.24) is 15.6 Å². The number of aromatic nitrogens is 1. The molecule has 0 saturated carbocycles. The van der Waals surface area contributed by atoms with E-state index in [2.05, 4.69) is 15.6 Å². The van der Waals surface area contributed by atoms with Gasteiger partial charge in [0, 0.05) is 30.1 Å². The third kappa shape index (κ3) is 4.74. The van der Waals surface area contributed by atoms with E-state index in [4.69, 9.17) is 0 Å². The molecule has 0 atom stereocenters. The summed E-state index contributed by atoms with van der Waals surface area (Å²) in [6, 6.07) is 19.2. The van der Waals surface area contributed by atoms with Crippen molar-refractivity contribution in [1.29, 1.82) is 0 Å². The maximum atomic E-state index is 12.9. The lowest BCUT2D eigenvalue weighted by Gasteiger charge is -2.10. The molecule has 1 heterocycles. The van der Waals surface area contributed by atoms with E-state index in [1.807, 2.05) is 18.2 Å². The number of fused-ring (bicyclic) bond motifs is 1. The van der Waals surface area contributed by atoms with Crippen molar-refractivity contribution in [3.63, 3.8) is 0 Å². The molecule has 168 valence electrons. The molecule has 0 aliphatic carbocycles. The van der Waals surface area contributed by atoms with Crippen LogP contribution in [0.4, 0.5) is 13.2 Å². The SMILES string of the molecule is CNC(=O)c1cc2c(-c3ccc(C(=O)NCc4cccc(C(F)(F)F)c4)cc3)cccc2[nH]1. The molecule has 4 rings (SSSR count). The summed E-state index contributed by atoms with van der Waals surface area (Å²) in [6.07, 6.45) is -4.43. The van der Waals surface area contributed by atoms with Crippen molar-refractivity contribution in [3.05, 3.63) is 95.2 Å². The first-order chi connectivity index (χ1) is 15.8. The first-order valence-electron chi connectivity index (χ1n) is 10.1. The van der Waals surface area contributed by atoms with Crippen LogP contribution in [-0.4, -0.2) is 23.8 Å². The van der Waals surface area contributed by atoms with Gasteiger partial charge in [0.2, 0.25) is 0 Å². The van der Waals surface area contributed by atoms with Gasteiger partial charge in [-0.05, 0) is 53.1 Å². The number of amides is 2. The number of carbonyl (C=O) groups excluding carboxylic acids is 2. The van der Waals surface area contributed by atoms with Crippen LogP contribution in [0.15, 0.2) is 72.8 Å². The van der Waals surface area contributed by atoms with E-state index in [1.54, 1.807) is 37.4 Å². The zero-order valence-corrected chi connectivity index (χ0v) is 17.6. The van der Waals surface area contributed by atoms with E-state index in [-0.39, 0.29) is 18.4 Å². The lowest BCUT2D eigenvalue weighted by atomic mass is 10.00. The second-order valence-electron chi connectivity index (χ2n) is 7.49. The van der Waals surface area contributed by atoms with Crippen LogP contribution in [0.25, 0.3) is 22.0 Å². The molecular weight excluding hydrogens is 431 g/mol. The van der Waals surface area contributed by atoms with Gasteiger partial charge in [-0.2, -0.15) is 13.2 Å². The molecule has 0 radical (unpaired) electrons. The molecule has 3 N–H and O–H groups in total. The lowest BCUT2D eigenvalue weighted by Crippen LogP contribution is -2.23. The first kappa shape index (κ1) is 22.1. The summed E-state index contributed by atoms with van der Waals surface area (Å²) in [5.41, 5.74) is 3.02. The minimum absolute atomic E-state index is 0.0184. The van der Waals surface area contributed by atoms with Gasteiger partial charge in [0.25, 0.3) is 11.8 Å². The van der Waals surface area contributed by atoms with Crippen LogP contribution in [0.5, 0.6) is 0 Å². The summed E-state index contributed by atoms with van der Waals surface area (Å²) in [6.45, 7) is -0.0184. The number of rotatable bonds is 5. The fraction of sp³-hybridized carbons (Fsp3) is 0.120. The highest BCUT2D eigenvalue weighted by atomic mass is 19.4. The number of benzene rings is 3. The van der Waals surface area contributed by atoms with E-state index >= 15 is 0 Å². The highest BCUT2D eigenvalue weighted by Gasteiger charge is 2.30. The Morgan fingerprint density at radius 1 is 0.909 bits per heavy atom.